The van der Waals surface area contributed by atoms with Crippen molar-refractivity contribution in [3.8, 4) is 17.0 Å². The van der Waals surface area contributed by atoms with Crippen molar-refractivity contribution in [3.05, 3.63) is 70.5 Å². The van der Waals surface area contributed by atoms with E-state index in [0.29, 0.717) is 37.3 Å². The summed E-state index contributed by atoms with van der Waals surface area (Å²) in [6.45, 7) is 0.963. The van der Waals surface area contributed by atoms with E-state index in [2.05, 4.69) is 9.89 Å². The fourth-order valence-electron chi connectivity index (χ4n) is 6.52. The predicted molar refractivity (Wildman–Crippen MR) is 140 cm³/mol. The van der Waals surface area contributed by atoms with E-state index in [1.165, 1.54) is 18.2 Å². The standard InChI is InChI=1S/C30H28F3N3O6/c31-30(32,33)41-25-4-2-1-3-23(25)26-24(27(42-34-26)16-5-6-16)15-40-22-11-20-10-21(12-22)36(20)29(39)35-13-18-8-7-17(28(37)38)9-19(18)14-35/h1-4,7-9,16,20-22H,5-6,10-15H2,(H,37,38). The van der Waals surface area contributed by atoms with E-state index in [4.69, 9.17) is 9.26 Å². The first-order valence-corrected chi connectivity index (χ1v) is 14.0. The molecule has 42 heavy (non-hydrogen) atoms. The Hall–Kier alpha value is -4.06. The molecule has 2 bridgehead atoms. The molecular weight excluding hydrogens is 555 g/mol. The molecule has 2 atom stereocenters. The Kier molecular flexibility index (Phi) is 6.41. The molecule has 2 saturated heterocycles. The first-order valence-electron chi connectivity index (χ1n) is 14.0. The number of hydrogen-bond acceptors (Lipinski definition) is 6. The van der Waals surface area contributed by atoms with E-state index in [0.717, 1.165) is 30.4 Å². The molecule has 3 aromatic rings. The molecule has 0 radical (unpaired) electrons. The molecule has 12 heteroatoms. The van der Waals surface area contributed by atoms with E-state index >= 15 is 0 Å². The van der Waals surface area contributed by atoms with Gasteiger partial charge < -0.3 is 28.9 Å². The summed E-state index contributed by atoms with van der Waals surface area (Å²) in [5, 5.41) is 13.4. The maximum Gasteiger partial charge on any atom is 0.573 e. The maximum atomic E-state index is 13.4. The Morgan fingerprint density at radius 1 is 1.02 bits per heavy atom. The minimum atomic E-state index is -4.85. The number of carboxylic acid groups (broad SMARTS) is 1. The average molecular weight is 584 g/mol. The molecule has 4 heterocycles. The number of carbonyl (C=O) groups excluding carboxylic acids is 1. The van der Waals surface area contributed by atoms with Gasteiger partial charge in [0, 0.05) is 42.2 Å². The predicted octanol–water partition coefficient (Wildman–Crippen LogP) is 6.07. The number of fused-ring (bicyclic) bond motifs is 3. The number of piperidine rings is 1. The van der Waals surface area contributed by atoms with E-state index in [-0.39, 0.29) is 59.3 Å². The van der Waals surface area contributed by atoms with Crippen LogP contribution in [0.15, 0.2) is 47.0 Å². The van der Waals surface area contributed by atoms with E-state index in [1.807, 2.05) is 4.90 Å². The molecular formula is C30H28F3N3O6. The second-order valence-corrected chi connectivity index (χ2v) is 11.5. The highest BCUT2D eigenvalue weighted by Gasteiger charge is 2.50. The molecule has 5 aliphatic rings. The fraction of sp³-hybridized carbons (Fsp3) is 0.433. The van der Waals surface area contributed by atoms with Crippen LogP contribution in [0.3, 0.4) is 0 Å². The highest BCUT2D eigenvalue weighted by atomic mass is 19.4. The van der Waals surface area contributed by atoms with Crippen molar-refractivity contribution < 1.29 is 41.9 Å². The third-order valence-corrected chi connectivity index (χ3v) is 8.67. The Bertz CT molecular complexity index is 1540. The third-order valence-electron chi connectivity index (χ3n) is 8.67. The number of hydrogen-bond donors (Lipinski definition) is 1. The summed E-state index contributed by atoms with van der Waals surface area (Å²) < 4.78 is 55.4. The number of ether oxygens (including phenoxy) is 2. The van der Waals surface area contributed by atoms with Crippen LogP contribution >= 0.6 is 0 Å². The summed E-state index contributed by atoms with van der Waals surface area (Å²) in [7, 11) is 0. The highest BCUT2D eigenvalue weighted by molar-refractivity contribution is 5.88. The molecule has 2 unspecified atom stereocenters. The molecule has 2 saturated carbocycles. The smallest absolute Gasteiger partial charge is 0.478 e. The van der Waals surface area contributed by atoms with Gasteiger partial charge in [0.2, 0.25) is 0 Å². The maximum absolute atomic E-state index is 13.4. The molecule has 2 amide bonds. The lowest BCUT2D eigenvalue weighted by Gasteiger charge is -2.55. The number of aromatic carboxylic acids is 1. The number of carbonyl (C=O) groups is 2. The van der Waals surface area contributed by atoms with Gasteiger partial charge in [-0.3, -0.25) is 0 Å². The average Bonchev–Trinajstić information content (AvgIpc) is 3.55. The number of rotatable bonds is 7. The van der Waals surface area contributed by atoms with Crippen LogP contribution in [-0.4, -0.2) is 56.6 Å². The van der Waals surface area contributed by atoms with Crippen molar-refractivity contribution in [3.63, 3.8) is 0 Å². The van der Waals surface area contributed by atoms with Crippen LogP contribution in [0.5, 0.6) is 5.75 Å². The molecule has 4 fully saturated rings. The van der Waals surface area contributed by atoms with Crippen LogP contribution in [0.1, 0.15) is 70.8 Å². The number of amides is 2. The number of halogens is 3. The van der Waals surface area contributed by atoms with Crippen LogP contribution in [0.2, 0.25) is 0 Å². The molecule has 3 aliphatic heterocycles. The number of nitrogens with zero attached hydrogens (tertiary/aromatic N) is 3. The number of alkyl halides is 3. The van der Waals surface area contributed by atoms with E-state index in [1.54, 1.807) is 29.2 Å². The number of urea groups is 1. The van der Waals surface area contributed by atoms with Gasteiger partial charge in [-0.1, -0.05) is 23.4 Å². The van der Waals surface area contributed by atoms with Crippen molar-refractivity contribution in [2.75, 3.05) is 0 Å². The highest BCUT2D eigenvalue weighted by Crippen LogP contribution is 2.47. The zero-order valence-electron chi connectivity index (χ0n) is 22.5. The van der Waals surface area contributed by atoms with Gasteiger partial charge in [0.15, 0.2) is 0 Å². The normalized spacial score (nSPS) is 23.0. The van der Waals surface area contributed by atoms with Crippen LogP contribution < -0.4 is 4.74 Å². The van der Waals surface area contributed by atoms with Crippen molar-refractivity contribution in [2.45, 2.75) is 82.3 Å². The van der Waals surface area contributed by atoms with Gasteiger partial charge in [-0.25, -0.2) is 9.59 Å². The minimum Gasteiger partial charge on any atom is -0.478 e. The first-order chi connectivity index (χ1) is 20.1. The van der Waals surface area contributed by atoms with Crippen LogP contribution in [0.4, 0.5) is 18.0 Å². The van der Waals surface area contributed by atoms with Gasteiger partial charge in [-0.05, 0) is 67.5 Å². The molecule has 1 aromatic heterocycles. The van der Waals surface area contributed by atoms with E-state index in [9.17, 15) is 27.9 Å². The fourth-order valence-corrected chi connectivity index (χ4v) is 6.52. The monoisotopic (exact) mass is 583 g/mol. The Morgan fingerprint density at radius 3 is 2.48 bits per heavy atom. The first kappa shape index (κ1) is 26.8. The quantitative estimate of drug-likeness (QED) is 0.360. The summed E-state index contributed by atoms with van der Waals surface area (Å²) in [5.41, 5.74) is 3.13. The number of para-hydroxylation sites is 1. The third kappa shape index (κ3) is 4.97. The largest absolute Gasteiger partial charge is 0.573 e. The summed E-state index contributed by atoms with van der Waals surface area (Å²) in [6.07, 6.45) is -0.928. The molecule has 220 valence electrons. The molecule has 9 nitrogen and oxygen atoms in total. The van der Waals surface area contributed by atoms with Crippen molar-refractivity contribution >= 4 is 12.0 Å². The van der Waals surface area contributed by atoms with Crippen molar-refractivity contribution in [1.82, 2.24) is 15.0 Å². The van der Waals surface area contributed by atoms with Gasteiger partial charge in [-0.2, -0.15) is 0 Å². The Balaban J connectivity index is 1.02. The van der Waals surface area contributed by atoms with Gasteiger partial charge >= 0.3 is 18.4 Å². The second kappa shape index (κ2) is 10.0. The lowest BCUT2D eigenvalue weighted by Crippen LogP contribution is -2.66. The van der Waals surface area contributed by atoms with Crippen molar-refractivity contribution in [1.29, 1.82) is 0 Å². The van der Waals surface area contributed by atoms with Gasteiger partial charge in [-0.15, -0.1) is 13.2 Å². The SMILES string of the molecule is O=C(O)c1ccc2c(c1)CN(C(=O)N1C3CC(OCc4c(-c5ccccc5OC(F)(F)F)noc4C4CC4)CC1C3)C2. The molecule has 2 aliphatic carbocycles. The zero-order chi connectivity index (χ0) is 29.2. The topological polar surface area (TPSA) is 105 Å². The van der Waals surface area contributed by atoms with Crippen LogP contribution in [0.25, 0.3) is 11.3 Å². The number of benzene rings is 2. The summed E-state index contributed by atoms with van der Waals surface area (Å²) in [5.74, 6) is -0.528. The van der Waals surface area contributed by atoms with Crippen LogP contribution in [-0.2, 0) is 24.4 Å². The van der Waals surface area contributed by atoms with Gasteiger partial charge in [0.1, 0.15) is 17.2 Å². The van der Waals surface area contributed by atoms with E-state index < -0.39 is 12.3 Å². The second-order valence-electron chi connectivity index (χ2n) is 11.5. The molecule has 8 rings (SSSR count). The summed E-state index contributed by atoms with van der Waals surface area (Å²) >= 11 is 0. The lowest BCUT2D eigenvalue weighted by molar-refractivity contribution is -0.274. The molecule has 2 aromatic carbocycles. The lowest BCUT2D eigenvalue weighted by atomic mass is 9.78. The summed E-state index contributed by atoms with van der Waals surface area (Å²) in [6, 6.07) is 10.9. The van der Waals surface area contributed by atoms with Crippen LogP contribution in [0, 0.1) is 0 Å². The Labute approximate surface area is 238 Å². The molecule has 1 N–H and O–H groups in total. The minimum absolute atomic E-state index is 0.0327. The number of aromatic nitrogens is 1. The van der Waals surface area contributed by atoms with Gasteiger partial charge in [0.05, 0.1) is 18.3 Å². The molecule has 0 spiro atoms. The summed E-state index contributed by atoms with van der Waals surface area (Å²) in [4.78, 5) is 28.4. The Morgan fingerprint density at radius 2 is 1.76 bits per heavy atom. The van der Waals surface area contributed by atoms with Crippen molar-refractivity contribution in [2.24, 2.45) is 0 Å². The van der Waals surface area contributed by atoms with Gasteiger partial charge in [0.25, 0.3) is 0 Å². The number of carboxylic acids is 1. The zero-order valence-corrected chi connectivity index (χ0v) is 22.5.